The number of nitrogens with zero attached hydrogens (tertiary/aromatic N) is 4. The normalized spacial score (nSPS) is 20.1. The number of hydrogen-bond acceptors (Lipinski definition) is 17. The molecule has 2 aromatic rings. The lowest BCUT2D eigenvalue weighted by Gasteiger charge is -2.28. The van der Waals surface area contributed by atoms with Crippen molar-refractivity contribution < 1.29 is 68.6 Å². The molecule has 25 heteroatoms. The Labute approximate surface area is 441 Å². The number of aliphatic hydroxyl groups excluding tert-OH is 2. The van der Waals surface area contributed by atoms with E-state index in [0.717, 1.165) is 36.4 Å². The van der Waals surface area contributed by atoms with Gasteiger partial charge in [0.2, 0.25) is 11.6 Å². The monoisotopic (exact) mass is 1070 g/mol. The second kappa shape index (κ2) is 27.1. The van der Waals surface area contributed by atoms with Crippen LogP contribution < -0.4 is 38.1 Å². The Bertz CT molecular complexity index is 2950. The first kappa shape index (κ1) is 59.7. The molecule has 3 atom stereocenters. The molecular weight excluding hydrogens is 1010 g/mol. The number of aliphatic hydroxyl groups is 2. The molecule has 0 spiro atoms. The highest BCUT2D eigenvalue weighted by Crippen LogP contribution is 2.24. The van der Waals surface area contributed by atoms with Gasteiger partial charge in [-0.1, -0.05) is 46.3 Å². The average Bonchev–Trinajstić information content (AvgIpc) is 3.40. The van der Waals surface area contributed by atoms with Crippen LogP contribution in [0.2, 0.25) is 0 Å². The van der Waals surface area contributed by atoms with Crippen LogP contribution in [0.15, 0.2) is 80.5 Å². The fourth-order valence-electron chi connectivity index (χ4n) is 8.50. The van der Waals surface area contributed by atoms with Gasteiger partial charge in [-0.3, -0.25) is 57.5 Å². The van der Waals surface area contributed by atoms with Gasteiger partial charge in [0.1, 0.15) is 34.7 Å². The Hall–Kier alpha value is -8.16. The van der Waals surface area contributed by atoms with Gasteiger partial charge in [-0.2, -0.15) is 0 Å². The number of carbonyl (C=O) groups excluding carboxylic acids is 10. The number of pyridine rings is 2. The first-order valence-corrected chi connectivity index (χ1v) is 25.2. The molecule has 414 valence electrons. The van der Waals surface area contributed by atoms with Crippen molar-refractivity contribution in [3.05, 3.63) is 114 Å². The Balaban J connectivity index is 1.48. The molecule has 0 aromatic carbocycles. The minimum Gasteiger partial charge on any atom is -0.425 e. The van der Waals surface area contributed by atoms with Crippen molar-refractivity contribution in [2.75, 3.05) is 52.4 Å². The van der Waals surface area contributed by atoms with Crippen LogP contribution in [0.4, 0.5) is 0 Å². The highest BCUT2D eigenvalue weighted by Gasteiger charge is 2.37. The molecule has 3 aliphatic heterocycles. The summed E-state index contributed by atoms with van der Waals surface area (Å²) in [5.74, 6) is -9.84. The van der Waals surface area contributed by atoms with Crippen molar-refractivity contribution in [1.82, 2.24) is 40.5 Å². The predicted molar refractivity (Wildman–Crippen MR) is 273 cm³/mol. The van der Waals surface area contributed by atoms with Gasteiger partial charge in [-0.05, 0) is 81.5 Å². The minimum absolute atomic E-state index is 0.00415. The van der Waals surface area contributed by atoms with E-state index in [4.69, 9.17) is 5.73 Å². The van der Waals surface area contributed by atoms with Gasteiger partial charge < -0.3 is 57.4 Å². The fourth-order valence-corrected chi connectivity index (χ4v) is 8.50. The fraction of sp³-hybridized carbons (Fsp3) is 0.462. The second-order valence-electron chi connectivity index (χ2n) is 19.1. The van der Waals surface area contributed by atoms with E-state index in [1.807, 2.05) is 0 Å². The number of allylic oxidation sites excluding steroid dienone is 4. The van der Waals surface area contributed by atoms with Gasteiger partial charge in [0.15, 0.2) is 11.6 Å². The van der Waals surface area contributed by atoms with Crippen LogP contribution in [0, 0.1) is 11.8 Å². The Morgan fingerprint density at radius 3 is 1.40 bits per heavy atom. The summed E-state index contributed by atoms with van der Waals surface area (Å²) in [6, 6.07) is 3.12. The maximum Gasteiger partial charge on any atom is 0.296 e. The number of aromatic nitrogens is 2. The van der Waals surface area contributed by atoms with Crippen molar-refractivity contribution in [3.8, 4) is 0 Å². The van der Waals surface area contributed by atoms with Gasteiger partial charge in [0.05, 0.1) is 11.1 Å². The summed E-state index contributed by atoms with van der Waals surface area (Å²) >= 11 is 0. The van der Waals surface area contributed by atoms with E-state index >= 15 is 0 Å². The van der Waals surface area contributed by atoms with E-state index in [1.54, 1.807) is 27.7 Å². The molecule has 0 saturated carbocycles. The summed E-state index contributed by atoms with van der Waals surface area (Å²) in [6.07, 6.45) is 2.20. The average molecular weight is 1070 g/mol. The summed E-state index contributed by atoms with van der Waals surface area (Å²) in [5, 5.41) is 53.3. The molecule has 2 aliphatic carbocycles. The lowest BCUT2D eigenvalue weighted by atomic mass is 9.87. The number of nitrogens with one attached hydrogen (secondary N) is 4. The van der Waals surface area contributed by atoms with Crippen LogP contribution in [0.5, 0.6) is 0 Å². The molecule has 0 radical (unpaired) electrons. The highest BCUT2D eigenvalue weighted by molar-refractivity contribution is 6.25. The SMILES string of the molecule is CC(C)C(=O)C1=CC=C(C(=O)N2CCCCN(C(=O)C3=CC=C(C(=O)C(C)C)C(O)C3=O)CCCNC(=O)c3ccc(n(O)c3=O)C(=O)NC(CCCCN)CNC(=O)c3ccc(c(=O)n3O)C(=O)NCCC2)C(=O)C1O. The lowest BCUT2D eigenvalue weighted by molar-refractivity contribution is -0.134. The van der Waals surface area contributed by atoms with Gasteiger partial charge in [0, 0.05) is 74.8 Å². The van der Waals surface area contributed by atoms with E-state index in [9.17, 15) is 78.2 Å². The standard InChI is InChI=1S/C52H65N9O16/c1-28(2)39(62)31-12-14-33(43(66)41(31)64)49(72)58-23-7-8-24-59(50(73)34-15-13-32(40(63)29(3)4)42(65)44(34)67)26-10-22-55-46(69)36-17-19-38(61(77)52(36)75)48(71)57-30(11-5-6-20-53)27-56-47(70)37-18-16-35(51(74)60(37)76)45(68)54-21-9-25-58/h12-19,28-30,41-42,64-65,76-77H,5-11,20-27,53H2,1-4H3,(H,54,68)(H,55,69)(H,56,70)(H,57,71). The summed E-state index contributed by atoms with van der Waals surface area (Å²) in [5.41, 5.74) is -0.531. The first-order valence-electron chi connectivity index (χ1n) is 25.2. The summed E-state index contributed by atoms with van der Waals surface area (Å²) in [6.45, 7) is 5.42. The van der Waals surface area contributed by atoms with Crippen LogP contribution in [0.3, 0.4) is 0 Å². The predicted octanol–water partition coefficient (Wildman–Crippen LogP) is -1.12. The van der Waals surface area contributed by atoms with Crippen molar-refractivity contribution in [2.45, 2.75) is 90.9 Å². The largest absolute Gasteiger partial charge is 0.425 e. The molecule has 7 rings (SSSR count). The number of Topliss-reactive ketones (excluding diaryl/α,β-unsaturated/α-hetero) is 4. The maximum absolute atomic E-state index is 14.1. The topological polar surface area (TPSA) is 376 Å². The van der Waals surface area contributed by atoms with Crippen LogP contribution >= 0.6 is 0 Å². The number of unbranched alkanes of at least 4 members (excludes halogenated alkanes) is 1. The zero-order valence-electron chi connectivity index (χ0n) is 43.2. The minimum atomic E-state index is -1.93. The molecule has 25 nitrogen and oxygen atoms in total. The molecule has 3 unspecified atom stereocenters. The number of amides is 6. The number of carbonyl (C=O) groups is 10. The van der Waals surface area contributed by atoms with Gasteiger partial charge in [-0.15, -0.1) is 9.46 Å². The second-order valence-corrected chi connectivity index (χ2v) is 19.1. The summed E-state index contributed by atoms with van der Waals surface area (Å²) in [4.78, 5) is 163. The molecule has 0 saturated heterocycles. The Morgan fingerprint density at radius 2 is 0.987 bits per heavy atom. The highest BCUT2D eigenvalue weighted by atomic mass is 16.5. The third-order valence-electron chi connectivity index (χ3n) is 12.9. The third-order valence-corrected chi connectivity index (χ3v) is 12.9. The molecule has 2 aromatic heterocycles. The van der Waals surface area contributed by atoms with Crippen molar-refractivity contribution in [3.63, 3.8) is 0 Å². The van der Waals surface area contributed by atoms with Crippen molar-refractivity contribution in [2.24, 2.45) is 17.6 Å². The summed E-state index contributed by atoms with van der Waals surface area (Å²) < 4.78 is -0.0824. The van der Waals surface area contributed by atoms with Crippen molar-refractivity contribution >= 4 is 58.6 Å². The smallest absolute Gasteiger partial charge is 0.296 e. The van der Waals surface area contributed by atoms with Gasteiger partial charge >= 0.3 is 0 Å². The number of nitrogens with two attached hydrogens (primary N) is 1. The number of fused-ring (bicyclic) bond motifs is 2. The molecular formula is C52H65N9O16. The number of hydrogen-bond donors (Lipinski definition) is 9. The lowest BCUT2D eigenvalue weighted by Crippen LogP contribution is -2.46. The zero-order chi connectivity index (χ0) is 56.8. The molecule has 77 heavy (non-hydrogen) atoms. The third kappa shape index (κ3) is 14.4. The van der Waals surface area contributed by atoms with E-state index < -0.39 is 133 Å². The van der Waals surface area contributed by atoms with Gasteiger partial charge in [0.25, 0.3) is 46.6 Å². The molecule has 6 amide bonds. The summed E-state index contributed by atoms with van der Waals surface area (Å²) in [7, 11) is 0. The zero-order valence-corrected chi connectivity index (χ0v) is 43.2. The molecule has 4 bridgehead atoms. The quantitative estimate of drug-likeness (QED) is 0.0773. The van der Waals surface area contributed by atoms with E-state index in [2.05, 4.69) is 21.3 Å². The number of ketones is 4. The van der Waals surface area contributed by atoms with Gasteiger partial charge in [-0.25, -0.2) is 0 Å². The Morgan fingerprint density at radius 1 is 0.571 bits per heavy atom. The first-order chi connectivity index (χ1) is 36.5. The molecule has 0 fully saturated rings. The van der Waals surface area contributed by atoms with Crippen LogP contribution in [0.25, 0.3) is 0 Å². The maximum atomic E-state index is 14.1. The molecule has 10 N–H and O–H groups in total. The molecule has 5 heterocycles. The Kier molecular flexibility index (Phi) is 21.0. The number of rotatable bonds is 10. The molecule has 5 aliphatic rings. The van der Waals surface area contributed by atoms with E-state index in [1.165, 1.54) is 22.0 Å². The van der Waals surface area contributed by atoms with E-state index in [-0.39, 0.29) is 105 Å². The van der Waals surface area contributed by atoms with Crippen LogP contribution in [0.1, 0.15) is 114 Å². The van der Waals surface area contributed by atoms with E-state index in [0.29, 0.717) is 12.8 Å². The van der Waals surface area contributed by atoms with Crippen LogP contribution in [-0.4, -0.2) is 169 Å². The van der Waals surface area contributed by atoms with Crippen LogP contribution in [-0.2, 0) is 28.8 Å². The van der Waals surface area contributed by atoms with Crippen molar-refractivity contribution in [1.29, 1.82) is 0 Å².